The Balaban J connectivity index is 1.53. The molecule has 0 spiro atoms. The summed E-state index contributed by atoms with van der Waals surface area (Å²) in [6, 6.07) is 6.15. The summed E-state index contributed by atoms with van der Waals surface area (Å²) in [5, 5.41) is 7.37. The SMILES string of the molecule is Cn1nc2c(c1NC(=O)c1ccc(S(=O)(=O)N3CCCC3)cc1)CCC2. The summed E-state index contributed by atoms with van der Waals surface area (Å²) in [7, 11) is -1.64. The summed E-state index contributed by atoms with van der Waals surface area (Å²) in [5.41, 5.74) is 2.59. The van der Waals surface area contributed by atoms with E-state index in [1.807, 2.05) is 7.05 Å². The normalized spacial score (nSPS) is 17.4. The second kappa shape index (κ2) is 6.51. The number of aromatic nitrogens is 2. The van der Waals surface area contributed by atoms with Gasteiger partial charge < -0.3 is 5.32 Å². The van der Waals surface area contributed by atoms with E-state index >= 15 is 0 Å². The van der Waals surface area contributed by atoms with Crippen LogP contribution in [0.15, 0.2) is 29.2 Å². The number of nitrogens with zero attached hydrogens (tertiary/aromatic N) is 3. The van der Waals surface area contributed by atoms with Crippen molar-refractivity contribution >= 4 is 21.7 Å². The molecule has 0 radical (unpaired) electrons. The lowest BCUT2D eigenvalue weighted by molar-refractivity contribution is 0.102. The molecule has 2 heterocycles. The van der Waals surface area contributed by atoms with Crippen molar-refractivity contribution in [2.24, 2.45) is 7.05 Å². The molecule has 0 bridgehead atoms. The Hall–Kier alpha value is -2.19. The minimum Gasteiger partial charge on any atom is -0.307 e. The van der Waals surface area contributed by atoms with Crippen LogP contribution in [0.25, 0.3) is 0 Å². The summed E-state index contributed by atoms with van der Waals surface area (Å²) in [4.78, 5) is 12.8. The quantitative estimate of drug-likeness (QED) is 0.886. The molecule has 4 rings (SSSR count). The average molecular weight is 374 g/mol. The molecule has 7 nitrogen and oxygen atoms in total. The van der Waals surface area contributed by atoms with Crippen LogP contribution in [0.5, 0.6) is 0 Å². The molecular weight excluding hydrogens is 352 g/mol. The molecule has 1 saturated heterocycles. The average Bonchev–Trinajstić information content (AvgIpc) is 3.35. The molecule has 0 saturated carbocycles. The van der Waals surface area contributed by atoms with Gasteiger partial charge in [0.15, 0.2) is 0 Å². The van der Waals surface area contributed by atoms with Crippen molar-refractivity contribution in [2.45, 2.75) is 37.0 Å². The Morgan fingerprint density at radius 1 is 1.08 bits per heavy atom. The number of carbonyl (C=O) groups is 1. The van der Waals surface area contributed by atoms with E-state index in [-0.39, 0.29) is 10.8 Å². The number of benzene rings is 1. The Bertz CT molecular complexity index is 942. The molecule has 1 aromatic heterocycles. The molecule has 1 amide bonds. The molecule has 0 unspecified atom stereocenters. The summed E-state index contributed by atoms with van der Waals surface area (Å²) >= 11 is 0. The Labute approximate surface area is 153 Å². The lowest BCUT2D eigenvalue weighted by Gasteiger charge is -2.15. The van der Waals surface area contributed by atoms with Gasteiger partial charge in [0.1, 0.15) is 5.82 Å². The van der Waals surface area contributed by atoms with Crippen molar-refractivity contribution in [1.82, 2.24) is 14.1 Å². The van der Waals surface area contributed by atoms with E-state index in [4.69, 9.17) is 0 Å². The monoisotopic (exact) mass is 374 g/mol. The fraction of sp³-hybridized carbons (Fsp3) is 0.444. The standard InChI is InChI=1S/C18H22N4O3S/c1-21-17(15-5-4-6-16(15)20-21)19-18(23)13-7-9-14(10-8-13)26(24,25)22-11-2-3-12-22/h7-10H,2-6,11-12H2,1H3,(H,19,23). The van der Waals surface area contributed by atoms with Crippen LogP contribution >= 0.6 is 0 Å². The van der Waals surface area contributed by atoms with Gasteiger partial charge in [-0.1, -0.05) is 0 Å². The van der Waals surface area contributed by atoms with E-state index in [0.717, 1.165) is 49.2 Å². The van der Waals surface area contributed by atoms with Gasteiger partial charge in [-0.05, 0) is 56.4 Å². The number of aryl methyl sites for hydroxylation is 2. The van der Waals surface area contributed by atoms with Crippen LogP contribution in [0.2, 0.25) is 0 Å². The minimum absolute atomic E-state index is 0.234. The van der Waals surface area contributed by atoms with Gasteiger partial charge in [0, 0.05) is 31.3 Å². The van der Waals surface area contributed by atoms with Crippen molar-refractivity contribution in [3.63, 3.8) is 0 Å². The largest absolute Gasteiger partial charge is 0.307 e. The molecule has 1 fully saturated rings. The van der Waals surface area contributed by atoms with E-state index in [1.54, 1.807) is 16.8 Å². The van der Waals surface area contributed by atoms with Crippen molar-refractivity contribution in [3.8, 4) is 0 Å². The zero-order valence-electron chi connectivity index (χ0n) is 14.7. The predicted molar refractivity (Wildman–Crippen MR) is 97.6 cm³/mol. The Kier molecular flexibility index (Phi) is 4.32. The third kappa shape index (κ3) is 2.93. The summed E-state index contributed by atoms with van der Waals surface area (Å²) < 4.78 is 28.3. The zero-order valence-corrected chi connectivity index (χ0v) is 15.6. The minimum atomic E-state index is -3.46. The van der Waals surface area contributed by atoms with Gasteiger partial charge in [-0.2, -0.15) is 9.40 Å². The maximum atomic E-state index is 12.6. The van der Waals surface area contributed by atoms with Crippen LogP contribution in [-0.2, 0) is 29.9 Å². The first-order chi connectivity index (χ1) is 12.5. The molecule has 1 aliphatic carbocycles. The number of anilines is 1. The fourth-order valence-corrected chi connectivity index (χ4v) is 5.23. The van der Waals surface area contributed by atoms with Gasteiger partial charge in [0.05, 0.1) is 10.6 Å². The van der Waals surface area contributed by atoms with Crippen LogP contribution in [0.3, 0.4) is 0 Å². The molecule has 1 aliphatic heterocycles. The van der Waals surface area contributed by atoms with Gasteiger partial charge in [0.25, 0.3) is 5.91 Å². The van der Waals surface area contributed by atoms with E-state index in [2.05, 4.69) is 10.4 Å². The highest BCUT2D eigenvalue weighted by atomic mass is 32.2. The number of fused-ring (bicyclic) bond motifs is 1. The maximum absolute atomic E-state index is 12.6. The van der Waals surface area contributed by atoms with Crippen molar-refractivity contribution in [1.29, 1.82) is 0 Å². The third-order valence-corrected chi connectivity index (χ3v) is 7.03. The van der Waals surface area contributed by atoms with Gasteiger partial charge >= 0.3 is 0 Å². The highest BCUT2D eigenvalue weighted by Crippen LogP contribution is 2.28. The second-order valence-electron chi connectivity index (χ2n) is 6.84. The first-order valence-corrected chi connectivity index (χ1v) is 10.4. The van der Waals surface area contributed by atoms with E-state index in [9.17, 15) is 13.2 Å². The van der Waals surface area contributed by atoms with Crippen molar-refractivity contribution in [3.05, 3.63) is 41.1 Å². The molecule has 8 heteroatoms. The molecule has 1 N–H and O–H groups in total. The number of nitrogens with one attached hydrogen (secondary N) is 1. The van der Waals surface area contributed by atoms with E-state index < -0.39 is 10.0 Å². The number of rotatable bonds is 4. The molecule has 2 aromatic rings. The first kappa shape index (κ1) is 17.2. The third-order valence-electron chi connectivity index (χ3n) is 5.12. The van der Waals surface area contributed by atoms with Gasteiger partial charge in [-0.3, -0.25) is 9.48 Å². The van der Waals surface area contributed by atoms with Crippen LogP contribution < -0.4 is 5.32 Å². The molecular formula is C18H22N4O3S. The molecule has 138 valence electrons. The van der Waals surface area contributed by atoms with Gasteiger partial charge in [-0.15, -0.1) is 0 Å². The number of hydrogen-bond donors (Lipinski definition) is 1. The lowest BCUT2D eigenvalue weighted by Crippen LogP contribution is -2.27. The smallest absolute Gasteiger partial charge is 0.256 e. The van der Waals surface area contributed by atoms with E-state index in [0.29, 0.717) is 18.7 Å². The number of amides is 1. The molecule has 0 atom stereocenters. The Morgan fingerprint density at radius 2 is 1.77 bits per heavy atom. The van der Waals surface area contributed by atoms with Crippen molar-refractivity contribution in [2.75, 3.05) is 18.4 Å². The lowest BCUT2D eigenvalue weighted by atomic mass is 10.2. The van der Waals surface area contributed by atoms with Crippen LogP contribution in [0.4, 0.5) is 5.82 Å². The fourth-order valence-electron chi connectivity index (χ4n) is 3.71. The molecule has 1 aromatic carbocycles. The maximum Gasteiger partial charge on any atom is 0.256 e. The molecule has 26 heavy (non-hydrogen) atoms. The van der Waals surface area contributed by atoms with Gasteiger partial charge in [-0.25, -0.2) is 8.42 Å². The van der Waals surface area contributed by atoms with Crippen LogP contribution in [-0.4, -0.2) is 41.5 Å². The van der Waals surface area contributed by atoms with Crippen LogP contribution in [0.1, 0.15) is 40.9 Å². The predicted octanol–water partition coefficient (Wildman–Crippen LogP) is 1.95. The highest BCUT2D eigenvalue weighted by molar-refractivity contribution is 7.89. The first-order valence-electron chi connectivity index (χ1n) is 8.93. The molecule has 2 aliphatic rings. The topological polar surface area (TPSA) is 84.3 Å². The van der Waals surface area contributed by atoms with Crippen molar-refractivity contribution < 1.29 is 13.2 Å². The van der Waals surface area contributed by atoms with E-state index in [1.165, 1.54) is 16.4 Å². The second-order valence-corrected chi connectivity index (χ2v) is 8.78. The van der Waals surface area contributed by atoms with Crippen LogP contribution in [0, 0.1) is 0 Å². The van der Waals surface area contributed by atoms with Gasteiger partial charge in [0.2, 0.25) is 10.0 Å². The summed E-state index contributed by atoms with van der Waals surface area (Å²) in [5.74, 6) is 0.476. The number of hydrogen-bond acceptors (Lipinski definition) is 4. The summed E-state index contributed by atoms with van der Waals surface area (Å²) in [6.45, 7) is 1.13. The zero-order chi connectivity index (χ0) is 18.3. The highest BCUT2D eigenvalue weighted by Gasteiger charge is 2.27. The Morgan fingerprint density at radius 3 is 2.46 bits per heavy atom. The number of carbonyl (C=O) groups excluding carboxylic acids is 1. The number of sulfonamides is 1. The summed E-state index contributed by atoms with van der Waals surface area (Å²) in [6.07, 6.45) is 4.72.